The number of nitrogens with one attached hydrogen (secondary N) is 1. The molecule has 1 N–H and O–H groups in total. The van der Waals surface area contributed by atoms with E-state index in [9.17, 15) is 4.79 Å². The molecule has 7 heteroatoms. The van der Waals surface area contributed by atoms with Gasteiger partial charge in [-0.25, -0.2) is 0 Å². The number of nitrogens with zero attached hydrogens (tertiary/aromatic N) is 2. The average molecular weight is 350 g/mol. The standard InChI is InChI=1S/C17H20ClN3O3/c1-3-4-11-23-12(2)17(22)19-10-9-15-20-16(21-24-15)13-5-7-14(18)8-6-13/h3,5-8,12H,1,4,9-11H2,2H3,(H,19,22)/t12-/m0/s1. The van der Waals surface area contributed by atoms with E-state index in [-0.39, 0.29) is 5.91 Å². The van der Waals surface area contributed by atoms with Crippen LogP contribution in [-0.4, -0.2) is 35.3 Å². The molecule has 0 bridgehead atoms. The molecule has 128 valence electrons. The van der Waals surface area contributed by atoms with Gasteiger partial charge in [-0.2, -0.15) is 4.98 Å². The second kappa shape index (κ2) is 9.20. The molecule has 1 amide bonds. The first-order valence-corrected chi connectivity index (χ1v) is 8.06. The smallest absolute Gasteiger partial charge is 0.248 e. The Hall–Kier alpha value is -2.18. The van der Waals surface area contributed by atoms with Gasteiger partial charge in [0, 0.05) is 23.6 Å². The third-order valence-corrected chi connectivity index (χ3v) is 3.52. The summed E-state index contributed by atoms with van der Waals surface area (Å²) >= 11 is 5.85. The molecule has 0 aliphatic carbocycles. The van der Waals surface area contributed by atoms with Gasteiger partial charge in [-0.1, -0.05) is 22.8 Å². The fourth-order valence-corrected chi connectivity index (χ4v) is 2.04. The van der Waals surface area contributed by atoms with Gasteiger partial charge in [0.15, 0.2) is 0 Å². The molecule has 0 radical (unpaired) electrons. The Morgan fingerprint density at radius 1 is 1.46 bits per heavy atom. The summed E-state index contributed by atoms with van der Waals surface area (Å²) in [5.41, 5.74) is 0.822. The Morgan fingerprint density at radius 3 is 2.92 bits per heavy atom. The van der Waals surface area contributed by atoms with Gasteiger partial charge in [0.1, 0.15) is 6.10 Å². The first-order valence-electron chi connectivity index (χ1n) is 7.69. The lowest BCUT2D eigenvalue weighted by Gasteiger charge is -2.12. The minimum atomic E-state index is -0.503. The zero-order valence-corrected chi connectivity index (χ0v) is 14.3. The molecule has 24 heavy (non-hydrogen) atoms. The second-order valence-corrected chi connectivity index (χ2v) is 5.59. The summed E-state index contributed by atoms with van der Waals surface area (Å²) in [6, 6.07) is 7.17. The maximum absolute atomic E-state index is 11.8. The van der Waals surface area contributed by atoms with Crippen molar-refractivity contribution in [3.8, 4) is 11.4 Å². The van der Waals surface area contributed by atoms with Crippen LogP contribution in [-0.2, 0) is 16.0 Å². The minimum absolute atomic E-state index is 0.170. The van der Waals surface area contributed by atoms with E-state index in [0.717, 1.165) is 5.56 Å². The van der Waals surface area contributed by atoms with Crippen LogP contribution in [0.4, 0.5) is 0 Å². The molecule has 0 saturated carbocycles. The molecule has 6 nitrogen and oxygen atoms in total. The summed E-state index contributed by atoms with van der Waals surface area (Å²) in [6.45, 7) is 6.19. The molecule has 1 heterocycles. The zero-order valence-electron chi connectivity index (χ0n) is 13.5. The Kier molecular flexibility index (Phi) is 6.96. The van der Waals surface area contributed by atoms with E-state index in [1.807, 2.05) is 12.1 Å². The van der Waals surface area contributed by atoms with Crippen molar-refractivity contribution in [2.45, 2.75) is 25.9 Å². The van der Waals surface area contributed by atoms with Crippen molar-refractivity contribution in [1.29, 1.82) is 0 Å². The third kappa shape index (κ3) is 5.47. The zero-order chi connectivity index (χ0) is 17.4. The van der Waals surface area contributed by atoms with Gasteiger partial charge in [-0.15, -0.1) is 6.58 Å². The van der Waals surface area contributed by atoms with Crippen LogP contribution in [0.15, 0.2) is 41.4 Å². The van der Waals surface area contributed by atoms with Crippen LogP contribution in [0, 0.1) is 0 Å². The summed E-state index contributed by atoms with van der Waals surface area (Å²) in [6.07, 6.45) is 2.41. The molecule has 0 aliphatic rings. The lowest BCUT2D eigenvalue weighted by atomic mass is 10.2. The summed E-state index contributed by atoms with van der Waals surface area (Å²) in [5.74, 6) is 0.783. The monoisotopic (exact) mass is 349 g/mol. The first-order chi connectivity index (χ1) is 11.6. The highest BCUT2D eigenvalue weighted by Gasteiger charge is 2.13. The molecular formula is C17H20ClN3O3. The van der Waals surface area contributed by atoms with E-state index in [4.69, 9.17) is 20.9 Å². The summed E-state index contributed by atoms with van der Waals surface area (Å²) in [4.78, 5) is 16.1. The van der Waals surface area contributed by atoms with Crippen molar-refractivity contribution >= 4 is 17.5 Å². The Bertz CT molecular complexity index is 670. The number of hydrogen-bond donors (Lipinski definition) is 1. The number of ether oxygens (including phenoxy) is 1. The van der Waals surface area contributed by atoms with Gasteiger partial charge >= 0.3 is 0 Å². The number of carbonyl (C=O) groups is 1. The van der Waals surface area contributed by atoms with E-state index < -0.39 is 6.10 Å². The van der Waals surface area contributed by atoms with E-state index in [1.54, 1.807) is 25.1 Å². The van der Waals surface area contributed by atoms with Crippen molar-refractivity contribution in [1.82, 2.24) is 15.5 Å². The van der Waals surface area contributed by atoms with Crippen LogP contribution >= 0.6 is 11.6 Å². The van der Waals surface area contributed by atoms with Gasteiger partial charge in [0.25, 0.3) is 0 Å². The van der Waals surface area contributed by atoms with Crippen LogP contribution in [0.2, 0.25) is 5.02 Å². The Balaban J connectivity index is 1.78. The summed E-state index contributed by atoms with van der Waals surface area (Å²) < 4.78 is 10.6. The highest BCUT2D eigenvalue weighted by molar-refractivity contribution is 6.30. The lowest BCUT2D eigenvalue weighted by molar-refractivity contribution is -0.131. The Labute approximate surface area is 145 Å². The molecule has 1 aromatic heterocycles. The fraction of sp³-hybridized carbons (Fsp3) is 0.353. The van der Waals surface area contributed by atoms with E-state index in [1.165, 1.54) is 0 Å². The minimum Gasteiger partial charge on any atom is -0.368 e. The second-order valence-electron chi connectivity index (χ2n) is 5.15. The predicted molar refractivity (Wildman–Crippen MR) is 91.7 cm³/mol. The fourth-order valence-electron chi connectivity index (χ4n) is 1.91. The summed E-state index contributed by atoms with van der Waals surface area (Å²) in [7, 11) is 0. The third-order valence-electron chi connectivity index (χ3n) is 3.27. The molecule has 0 unspecified atom stereocenters. The van der Waals surface area contributed by atoms with Crippen LogP contribution in [0.1, 0.15) is 19.2 Å². The first kappa shape index (κ1) is 18.2. The molecule has 0 fully saturated rings. The van der Waals surface area contributed by atoms with Crippen molar-refractivity contribution in [3.63, 3.8) is 0 Å². The SMILES string of the molecule is C=CCCO[C@@H](C)C(=O)NCCc1nc(-c2ccc(Cl)cc2)no1. The predicted octanol–water partition coefficient (Wildman–Crippen LogP) is 3.03. The van der Waals surface area contributed by atoms with Crippen LogP contribution < -0.4 is 5.32 Å². The molecule has 0 aliphatic heterocycles. The maximum atomic E-state index is 11.8. The highest BCUT2D eigenvalue weighted by atomic mass is 35.5. The number of halogens is 1. The molecular weight excluding hydrogens is 330 g/mol. The van der Waals surface area contributed by atoms with Crippen LogP contribution in [0.3, 0.4) is 0 Å². The molecule has 2 rings (SSSR count). The molecule has 1 aromatic carbocycles. The van der Waals surface area contributed by atoms with Gasteiger partial charge < -0.3 is 14.6 Å². The molecule has 0 saturated heterocycles. The largest absolute Gasteiger partial charge is 0.368 e. The number of aromatic nitrogens is 2. The Morgan fingerprint density at radius 2 is 2.21 bits per heavy atom. The van der Waals surface area contributed by atoms with Gasteiger partial charge in [-0.05, 0) is 37.6 Å². The van der Waals surface area contributed by atoms with Crippen molar-refractivity contribution in [2.75, 3.05) is 13.2 Å². The molecule has 0 spiro atoms. The normalized spacial score (nSPS) is 11.9. The molecule has 1 atom stereocenters. The number of hydrogen-bond acceptors (Lipinski definition) is 5. The summed E-state index contributed by atoms with van der Waals surface area (Å²) in [5, 5.41) is 7.35. The maximum Gasteiger partial charge on any atom is 0.248 e. The van der Waals surface area contributed by atoms with Crippen LogP contribution in [0.5, 0.6) is 0 Å². The lowest BCUT2D eigenvalue weighted by Crippen LogP contribution is -2.35. The number of carbonyl (C=O) groups excluding carboxylic acids is 1. The average Bonchev–Trinajstić information content (AvgIpc) is 3.04. The van der Waals surface area contributed by atoms with Gasteiger partial charge in [0.2, 0.25) is 17.6 Å². The van der Waals surface area contributed by atoms with Gasteiger partial charge in [-0.3, -0.25) is 4.79 Å². The number of rotatable bonds is 9. The highest BCUT2D eigenvalue weighted by Crippen LogP contribution is 2.18. The van der Waals surface area contributed by atoms with Crippen molar-refractivity contribution < 1.29 is 14.1 Å². The topological polar surface area (TPSA) is 77.2 Å². The van der Waals surface area contributed by atoms with Gasteiger partial charge in [0.05, 0.1) is 6.61 Å². The number of benzene rings is 1. The quantitative estimate of drug-likeness (QED) is 0.556. The molecule has 2 aromatic rings. The van der Waals surface area contributed by atoms with E-state index in [2.05, 4.69) is 22.0 Å². The van der Waals surface area contributed by atoms with Crippen molar-refractivity contribution in [3.05, 3.63) is 47.8 Å². The number of amides is 1. The van der Waals surface area contributed by atoms with Crippen LogP contribution in [0.25, 0.3) is 11.4 Å². The van der Waals surface area contributed by atoms with Crippen molar-refractivity contribution in [2.24, 2.45) is 0 Å². The van der Waals surface area contributed by atoms with E-state index in [0.29, 0.717) is 42.7 Å². The van der Waals surface area contributed by atoms with E-state index >= 15 is 0 Å².